The van der Waals surface area contributed by atoms with E-state index in [1.807, 2.05) is 43.4 Å². The Morgan fingerprint density at radius 2 is 1.77 bits per heavy atom. The maximum absolute atomic E-state index is 12.3. The summed E-state index contributed by atoms with van der Waals surface area (Å²) in [5.41, 5.74) is 3.57. The van der Waals surface area contributed by atoms with Crippen LogP contribution in [-0.2, 0) is 17.8 Å². The maximum Gasteiger partial charge on any atom is 0.222 e. The zero-order chi connectivity index (χ0) is 15.9. The lowest BCUT2D eigenvalue weighted by Gasteiger charge is -2.18. The first-order valence-corrected chi connectivity index (χ1v) is 7.51. The second-order valence-electron chi connectivity index (χ2n) is 5.52. The Morgan fingerprint density at radius 1 is 1.09 bits per heavy atom. The van der Waals surface area contributed by atoms with E-state index >= 15 is 0 Å². The number of nitrogens with zero attached hydrogens (tertiary/aromatic N) is 1. The molecule has 0 bridgehead atoms. The summed E-state index contributed by atoms with van der Waals surface area (Å²) in [6, 6.07) is 16.0. The first kappa shape index (κ1) is 16.1. The molecule has 0 spiro atoms. The molecule has 0 heterocycles. The Labute approximate surface area is 132 Å². The molecule has 0 fully saturated rings. The zero-order valence-electron chi connectivity index (χ0n) is 13.5. The number of hydrogen-bond donors (Lipinski definition) is 0. The topological polar surface area (TPSA) is 29.5 Å². The molecule has 0 aromatic heterocycles. The van der Waals surface area contributed by atoms with Crippen molar-refractivity contribution in [3.63, 3.8) is 0 Å². The van der Waals surface area contributed by atoms with Crippen molar-refractivity contribution in [2.24, 2.45) is 0 Å². The summed E-state index contributed by atoms with van der Waals surface area (Å²) < 4.78 is 5.14. The molecule has 0 aliphatic rings. The number of methoxy groups -OCH3 is 1. The lowest BCUT2D eigenvalue weighted by molar-refractivity contribution is -0.130. The van der Waals surface area contributed by atoms with Gasteiger partial charge >= 0.3 is 0 Å². The van der Waals surface area contributed by atoms with Crippen LogP contribution in [0.25, 0.3) is 0 Å². The van der Waals surface area contributed by atoms with Gasteiger partial charge in [-0.15, -0.1) is 0 Å². The molecule has 2 rings (SSSR count). The van der Waals surface area contributed by atoms with E-state index in [-0.39, 0.29) is 5.91 Å². The van der Waals surface area contributed by atoms with Crippen LogP contribution in [0.4, 0.5) is 0 Å². The number of carbonyl (C=O) groups is 1. The van der Waals surface area contributed by atoms with Gasteiger partial charge in [-0.2, -0.15) is 0 Å². The van der Waals surface area contributed by atoms with Gasteiger partial charge in [-0.05, 0) is 42.2 Å². The summed E-state index contributed by atoms with van der Waals surface area (Å²) in [5.74, 6) is 1.01. The fourth-order valence-corrected chi connectivity index (χ4v) is 2.37. The van der Waals surface area contributed by atoms with Crippen molar-refractivity contribution in [2.45, 2.75) is 26.3 Å². The molecule has 0 atom stereocenters. The van der Waals surface area contributed by atoms with Gasteiger partial charge in [0.2, 0.25) is 5.91 Å². The van der Waals surface area contributed by atoms with E-state index in [1.54, 1.807) is 12.0 Å². The number of amides is 1. The number of hydrogen-bond acceptors (Lipinski definition) is 2. The number of benzene rings is 2. The van der Waals surface area contributed by atoms with Crippen LogP contribution in [0.15, 0.2) is 48.5 Å². The highest BCUT2D eigenvalue weighted by Crippen LogP contribution is 2.14. The van der Waals surface area contributed by atoms with Crippen LogP contribution in [0.2, 0.25) is 0 Å². The third kappa shape index (κ3) is 4.35. The SMILES string of the molecule is COc1ccc(CCC(=O)N(C)Cc2ccccc2C)cc1. The molecule has 1 amide bonds. The molecule has 0 aliphatic heterocycles. The fraction of sp³-hybridized carbons (Fsp3) is 0.316. The van der Waals surface area contributed by atoms with Gasteiger partial charge in [-0.3, -0.25) is 4.79 Å². The van der Waals surface area contributed by atoms with E-state index in [9.17, 15) is 4.79 Å². The lowest BCUT2D eigenvalue weighted by Crippen LogP contribution is -2.26. The van der Waals surface area contributed by atoms with E-state index < -0.39 is 0 Å². The van der Waals surface area contributed by atoms with Gasteiger partial charge in [0.1, 0.15) is 5.75 Å². The molecule has 22 heavy (non-hydrogen) atoms. The van der Waals surface area contributed by atoms with Crippen LogP contribution in [0, 0.1) is 6.92 Å². The summed E-state index contributed by atoms with van der Waals surface area (Å²) in [4.78, 5) is 14.1. The molecule has 0 saturated carbocycles. The monoisotopic (exact) mass is 297 g/mol. The smallest absolute Gasteiger partial charge is 0.222 e. The average molecular weight is 297 g/mol. The summed E-state index contributed by atoms with van der Waals surface area (Å²) in [5, 5.41) is 0. The summed E-state index contributed by atoms with van der Waals surface area (Å²) in [7, 11) is 3.52. The highest BCUT2D eigenvalue weighted by Gasteiger charge is 2.10. The van der Waals surface area contributed by atoms with Gasteiger partial charge in [-0.25, -0.2) is 0 Å². The van der Waals surface area contributed by atoms with Gasteiger partial charge in [0, 0.05) is 20.0 Å². The third-order valence-electron chi connectivity index (χ3n) is 3.88. The minimum Gasteiger partial charge on any atom is -0.497 e. The van der Waals surface area contributed by atoms with Gasteiger partial charge in [0.15, 0.2) is 0 Å². The zero-order valence-corrected chi connectivity index (χ0v) is 13.5. The number of rotatable bonds is 6. The van der Waals surface area contributed by atoms with Crippen LogP contribution >= 0.6 is 0 Å². The molecular formula is C19H23NO2. The summed E-state index contributed by atoms with van der Waals surface area (Å²) in [6.07, 6.45) is 1.27. The molecule has 2 aromatic carbocycles. The Kier molecular flexibility index (Phi) is 5.59. The molecule has 3 nitrogen and oxygen atoms in total. The van der Waals surface area contributed by atoms with Crippen molar-refractivity contribution in [2.75, 3.05) is 14.2 Å². The molecule has 0 N–H and O–H groups in total. The number of ether oxygens (including phenoxy) is 1. The van der Waals surface area contributed by atoms with Gasteiger partial charge in [0.25, 0.3) is 0 Å². The van der Waals surface area contributed by atoms with Gasteiger partial charge < -0.3 is 9.64 Å². The van der Waals surface area contributed by atoms with E-state index in [4.69, 9.17) is 4.74 Å². The Balaban J connectivity index is 1.87. The van der Waals surface area contributed by atoms with E-state index in [0.29, 0.717) is 13.0 Å². The van der Waals surface area contributed by atoms with Gasteiger partial charge in [-0.1, -0.05) is 36.4 Å². The first-order chi connectivity index (χ1) is 10.6. The number of aryl methyl sites for hydroxylation is 2. The fourth-order valence-electron chi connectivity index (χ4n) is 2.37. The Hall–Kier alpha value is -2.29. The van der Waals surface area contributed by atoms with Crippen LogP contribution in [0.3, 0.4) is 0 Å². The van der Waals surface area contributed by atoms with Crippen LogP contribution in [0.5, 0.6) is 5.75 Å². The van der Waals surface area contributed by atoms with E-state index in [0.717, 1.165) is 17.7 Å². The molecule has 2 aromatic rings. The summed E-state index contributed by atoms with van der Waals surface area (Å²) >= 11 is 0. The Bertz CT molecular complexity index is 620. The van der Waals surface area contributed by atoms with Crippen molar-refractivity contribution >= 4 is 5.91 Å². The van der Waals surface area contributed by atoms with Crippen molar-refractivity contribution in [3.8, 4) is 5.75 Å². The van der Waals surface area contributed by atoms with Crippen LogP contribution < -0.4 is 4.74 Å². The molecule has 0 aliphatic carbocycles. The highest BCUT2D eigenvalue weighted by molar-refractivity contribution is 5.76. The largest absolute Gasteiger partial charge is 0.497 e. The van der Waals surface area contributed by atoms with Crippen LogP contribution in [-0.4, -0.2) is 25.0 Å². The second-order valence-corrected chi connectivity index (χ2v) is 5.52. The predicted octanol–water partition coefficient (Wildman–Crippen LogP) is 3.59. The third-order valence-corrected chi connectivity index (χ3v) is 3.88. The molecule has 3 heteroatoms. The van der Waals surface area contributed by atoms with Crippen LogP contribution in [0.1, 0.15) is 23.1 Å². The predicted molar refractivity (Wildman–Crippen MR) is 89.0 cm³/mol. The van der Waals surface area contributed by atoms with Crippen molar-refractivity contribution in [1.82, 2.24) is 4.90 Å². The minimum absolute atomic E-state index is 0.166. The molecular weight excluding hydrogens is 274 g/mol. The van der Waals surface area contributed by atoms with Crippen molar-refractivity contribution < 1.29 is 9.53 Å². The summed E-state index contributed by atoms with van der Waals surface area (Å²) in [6.45, 7) is 2.74. The van der Waals surface area contributed by atoms with Crippen molar-refractivity contribution in [1.29, 1.82) is 0 Å². The average Bonchev–Trinajstić information content (AvgIpc) is 2.55. The normalized spacial score (nSPS) is 10.3. The first-order valence-electron chi connectivity index (χ1n) is 7.51. The molecule has 0 unspecified atom stereocenters. The highest BCUT2D eigenvalue weighted by atomic mass is 16.5. The van der Waals surface area contributed by atoms with Crippen molar-refractivity contribution in [3.05, 3.63) is 65.2 Å². The molecule has 0 saturated heterocycles. The van der Waals surface area contributed by atoms with E-state index in [2.05, 4.69) is 19.1 Å². The Morgan fingerprint density at radius 3 is 2.41 bits per heavy atom. The standard InChI is InChI=1S/C19H23NO2/c1-15-6-4-5-7-17(15)14-20(2)19(21)13-10-16-8-11-18(22-3)12-9-16/h4-9,11-12H,10,13-14H2,1-3H3. The second kappa shape index (κ2) is 7.64. The van der Waals surface area contributed by atoms with E-state index in [1.165, 1.54) is 11.1 Å². The quantitative estimate of drug-likeness (QED) is 0.815. The lowest BCUT2D eigenvalue weighted by atomic mass is 10.1. The minimum atomic E-state index is 0.166. The molecule has 116 valence electrons. The maximum atomic E-state index is 12.3. The number of carbonyl (C=O) groups excluding carboxylic acids is 1. The van der Waals surface area contributed by atoms with Gasteiger partial charge in [0.05, 0.1) is 7.11 Å². The molecule has 0 radical (unpaired) electrons.